The summed E-state index contributed by atoms with van der Waals surface area (Å²) in [6.45, 7) is 3.15. The van der Waals surface area contributed by atoms with Gasteiger partial charge in [-0.2, -0.15) is 0 Å². The van der Waals surface area contributed by atoms with Gasteiger partial charge in [0.2, 0.25) is 0 Å². The average molecular weight is 261 g/mol. The van der Waals surface area contributed by atoms with Crippen LogP contribution in [0.4, 0.5) is 0 Å². The zero-order chi connectivity index (χ0) is 13.7. The molecule has 0 aromatic heterocycles. The van der Waals surface area contributed by atoms with Crippen molar-refractivity contribution in [2.75, 3.05) is 20.8 Å². The third kappa shape index (κ3) is 3.74. The van der Waals surface area contributed by atoms with E-state index in [-0.39, 0.29) is 0 Å². The van der Waals surface area contributed by atoms with Crippen molar-refractivity contribution in [3.8, 4) is 11.5 Å². The quantitative estimate of drug-likeness (QED) is 0.817. The van der Waals surface area contributed by atoms with Crippen LogP contribution in [0, 0.1) is 0 Å². The molecule has 1 aromatic carbocycles. The molecular weight excluding hydrogens is 238 g/mol. The lowest BCUT2D eigenvalue weighted by Gasteiger charge is -2.12. The predicted octanol–water partition coefficient (Wildman–Crippen LogP) is 3.25. The van der Waals surface area contributed by atoms with Crippen LogP contribution < -0.4 is 14.8 Å². The van der Waals surface area contributed by atoms with Gasteiger partial charge in [0.15, 0.2) is 11.5 Å². The first-order valence-electron chi connectivity index (χ1n) is 6.92. The van der Waals surface area contributed by atoms with Crippen LogP contribution in [-0.4, -0.2) is 26.8 Å². The summed E-state index contributed by atoms with van der Waals surface area (Å²) < 4.78 is 10.8. The first-order valence-corrected chi connectivity index (χ1v) is 6.92. The molecule has 0 atom stereocenters. The summed E-state index contributed by atoms with van der Waals surface area (Å²) in [5.74, 6) is 1.59. The largest absolute Gasteiger partial charge is 0.493 e. The maximum absolute atomic E-state index is 5.46. The highest BCUT2D eigenvalue weighted by Crippen LogP contribution is 2.32. The summed E-state index contributed by atoms with van der Waals surface area (Å²) in [7, 11) is 3.35. The number of para-hydroxylation sites is 1. The third-order valence-electron chi connectivity index (χ3n) is 3.44. The minimum absolute atomic E-state index is 0.738. The van der Waals surface area contributed by atoms with Gasteiger partial charge in [-0.25, -0.2) is 0 Å². The summed E-state index contributed by atoms with van der Waals surface area (Å²) in [5.41, 5.74) is 2.47. The zero-order valence-corrected chi connectivity index (χ0v) is 12.0. The first kappa shape index (κ1) is 13.9. The Labute approximate surface area is 115 Å². The van der Waals surface area contributed by atoms with Crippen LogP contribution in [-0.2, 0) is 0 Å². The molecule has 19 heavy (non-hydrogen) atoms. The Bertz CT molecular complexity index is 450. The normalized spacial score (nSPS) is 15.4. The Morgan fingerprint density at radius 3 is 2.68 bits per heavy atom. The van der Waals surface area contributed by atoms with E-state index >= 15 is 0 Å². The second-order valence-corrected chi connectivity index (χ2v) is 4.89. The fourth-order valence-corrected chi connectivity index (χ4v) is 2.09. The van der Waals surface area contributed by atoms with Crippen LogP contribution >= 0.6 is 0 Å². The van der Waals surface area contributed by atoms with Gasteiger partial charge in [-0.15, -0.1) is 0 Å². The highest BCUT2D eigenvalue weighted by Gasteiger charge is 2.20. The molecule has 0 unspecified atom stereocenters. The standard InChI is InChI=1S/C16H23NO2/c1-4-12(11-17-14-8-9-14)10-13-6-5-7-15(18-2)16(13)19-3/h5-7,10,14,17H,4,8-9,11H2,1-3H3. The van der Waals surface area contributed by atoms with E-state index in [1.165, 1.54) is 18.4 Å². The van der Waals surface area contributed by atoms with E-state index in [1.807, 2.05) is 12.1 Å². The fourth-order valence-electron chi connectivity index (χ4n) is 2.09. The molecule has 1 N–H and O–H groups in total. The highest BCUT2D eigenvalue weighted by atomic mass is 16.5. The van der Waals surface area contributed by atoms with E-state index in [1.54, 1.807) is 14.2 Å². The van der Waals surface area contributed by atoms with Gasteiger partial charge in [0.25, 0.3) is 0 Å². The number of methoxy groups -OCH3 is 2. The van der Waals surface area contributed by atoms with Crippen molar-refractivity contribution in [1.29, 1.82) is 0 Å². The van der Waals surface area contributed by atoms with Crippen molar-refractivity contribution in [3.05, 3.63) is 29.3 Å². The van der Waals surface area contributed by atoms with Crippen molar-refractivity contribution in [3.63, 3.8) is 0 Å². The topological polar surface area (TPSA) is 30.5 Å². The van der Waals surface area contributed by atoms with E-state index in [9.17, 15) is 0 Å². The van der Waals surface area contributed by atoms with Crippen LogP contribution in [0.5, 0.6) is 11.5 Å². The Morgan fingerprint density at radius 2 is 2.11 bits per heavy atom. The zero-order valence-electron chi connectivity index (χ0n) is 12.0. The molecule has 0 amide bonds. The number of rotatable bonds is 7. The summed E-state index contributed by atoms with van der Waals surface area (Å²) in [6, 6.07) is 6.72. The number of benzene rings is 1. The number of nitrogens with one attached hydrogen (secondary N) is 1. The second-order valence-electron chi connectivity index (χ2n) is 4.89. The van der Waals surface area contributed by atoms with Gasteiger partial charge in [0, 0.05) is 18.2 Å². The molecule has 0 bridgehead atoms. The molecule has 0 spiro atoms. The summed E-state index contributed by atoms with van der Waals surface area (Å²) >= 11 is 0. The van der Waals surface area contributed by atoms with E-state index in [0.717, 1.165) is 36.1 Å². The van der Waals surface area contributed by atoms with Gasteiger partial charge in [-0.3, -0.25) is 0 Å². The molecule has 0 heterocycles. The molecule has 1 aliphatic rings. The lowest BCUT2D eigenvalue weighted by molar-refractivity contribution is 0.354. The summed E-state index contributed by atoms with van der Waals surface area (Å²) in [6.07, 6.45) is 5.88. The Kier molecular flexibility index (Phi) is 4.86. The van der Waals surface area contributed by atoms with Gasteiger partial charge < -0.3 is 14.8 Å². The minimum Gasteiger partial charge on any atom is -0.493 e. The molecule has 1 fully saturated rings. The Hall–Kier alpha value is -1.48. The van der Waals surface area contributed by atoms with Crippen LogP contribution in [0.2, 0.25) is 0 Å². The molecule has 1 aromatic rings. The fraction of sp³-hybridized carbons (Fsp3) is 0.500. The molecule has 1 aliphatic carbocycles. The predicted molar refractivity (Wildman–Crippen MR) is 78.8 cm³/mol. The van der Waals surface area contributed by atoms with Gasteiger partial charge in [-0.1, -0.05) is 30.7 Å². The average Bonchev–Trinajstić information content (AvgIpc) is 3.26. The summed E-state index contributed by atoms with van der Waals surface area (Å²) in [4.78, 5) is 0. The molecule has 104 valence electrons. The SMILES string of the molecule is CCC(=Cc1cccc(OC)c1OC)CNC1CC1. The lowest BCUT2D eigenvalue weighted by Crippen LogP contribution is -2.18. The van der Waals surface area contributed by atoms with Crippen molar-refractivity contribution < 1.29 is 9.47 Å². The molecule has 1 saturated carbocycles. The van der Waals surface area contributed by atoms with Gasteiger partial charge in [0.1, 0.15) is 0 Å². The van der Waals surface area contributed by atoms with Crippen molar-refractivity contribution >= 4 is 6.08 Å². The molecule has 3 nitrogen and oxygen atoms in total. The van der Waals surface area contributed by atoms with E-state index < -0.39 is 0 Å². The second kappa shape index (κ2) is 6.62. The molecule has 0 radical (unpaired) electrons. The maximum Gasteiger partial charge on any atom is 0.167 e. The van der Waals surface area contributed by atoms with Crippen LogP contribution in [0.25, 0.3) is 6.08 Å². The van der Waals surface area contributed by atoms with E-state index in [0.29, 0.717) is 0 Å². The Morgan fingerprint density at radius 1 is 1.32 bits per heavy atom. The van der Waals surface area contributed by atoms with Gasteiger partial charge in [-0.05, 0) is 25.3 Å². The smallest absolute Gasteiger partial charge is 0.167 e. The van der Waals surface area contributed by atoms with Crippen LogP contribution in [0.15, 0.2) is 23.8 Å². The summed E-state index contributed by atoms with van der Waals surface area (Å²) in [5, 5.41) is 3.55. The third-order valence-corrected chi connectivity index (χ3v) is 3.44. The minimum atomic E-state index is 0.738. The number of ether oxygens (including phenoxy) is 2. The molecule has 2 rings (SSSR count). The van der Waals surface area contributed by atoms with Crippen LogP contribution in [0.1, 0.15) is 31.7 Å². The van der Waals surface area contributed by atoms with E-state index in [2.05, 4.69) is 24.4 Å². The van der Waals surface area contributed by atoms with Crippen molar-refractivity contribution in [1.82, 2.24) is 5.32 Å². The number of hydrogen-bond donors (Lipinski definition) is 1. The molecular formula is C16H23NO2. The molecule has 3 heteroatoms. The molecule has 0 saturated heterocycles. The highest BCUT2D eigenvalue weighted by molar-refractivity contribution is 5.64. The number of hydrogen-bond acceptors (Lipinski definition) is 3. The molecule has 0 aliphatic heterocycles. The Balaban J connectivity index is 2.17. The van der Waals surface area contributed by atoms with Gasteiger partial charge in [0.05, 0.1) is 14.2 Å². The van der Waals surface area contributed by atoms with Gasteiger partial charge >= 0.3 is 0 Å². The van der Waals surface area contributed by atoms with Crippen LogP contribution in [0.3, 0.4) is 0 Å². The van der Waals surface area contributed by atoms with Crippen molar-refractivity contribution in [2.45, 2.75) is 32.2 Å². The van der Waals surface area contributed by atoms with E-state index in [4.69, 9.17) is 9.47 Å². The lowest BCUT2D eigenvalue weighted by atomic mass is 10.1. The monoisotopic (exact) mass is 261 g/mol. The first-order chi connectivity index (χ1) is 9.28. The maximum atomic E-state index is 5.46. The van der Waals surface area contributed by atoms with Crippen molar-refractivity contribution in [2.24, 2.45) is 0 Å².